The van der Waals surface area contributed by atoms with Crippen LogP contribution in [0.1, 0.15) is 28.9 Å². The lowest BCUT2D eigenvalue weighted by Gasteiger charge is -2.24. The van der Waals surface area contributed by atoms with Crippen molar-refractivity contribution >= 4 is 28.6 Å². The van der Waals surface area contributed by atoms with Gasteiger partial charge in [-0.25, -0.2) is 4.98 Å². The van der Waals surface area contributed by atoms with Crippen LogP contribution >= 0.6 is 11.6 Å². The minimum Gasteiger partial charge on any atom is -0.335 e. The average Bonchev–Trinajstić information content (AvgIpc) is 3.27. The van der Waals surface area contributed by atoms with Crippen molar-refractivity contribution in [2.75, 3.05) is 13.1 Å². The Labute approximate surface area is 155 Å². The van der Waals surface area contributed by atoms with Crippen LogP contribution in [0.5, 0.6) is 0 Å². The summed E-state index contributed by atoms with van der Waals surface area (Å²) in [4.78, 5) is 19.7. The molecule has 3 heterocycles. The first-order valence-electron chi connectivity index (χ1n) is 8.62. The van der Waals surface area contributed by atoms with Gasteiger partial charge in [-0.3, -0.25) is 4.79 Å². The van der Waals surface area contributed by atoms with Crippen molar-refractivity contribution in [3.8, 4) is 11.3 Å². The second-order valence-electron chi connectivity index (χ2n) is 6.54. The third-order valence-corrected chi connectivity index (χ3v) is 5.11. The van der Waals surface area contributed by atoms with Gasteiger partial charge in [0.15, 0.2) is 0 Å². The summed E-state index contributed by atoms with van der Waals surface area (Å²) in [6, 6.07) is 9.22. The van der Waals surface area contributed by atoms with Gasteiger partial charge >= 0.3 is 0 Å². The van der Waals surface area contributed by atoms with Gasteiger partial charge in [-0.1, -0.05) is 28.9 Å². The predicted molar refractivity (Wildman–Crippen MR) is 100 cm³/mol. The van der Waals surface area contributed by atoms with E-state index in [0.717, 1.165) is 18.4 Å². The van der Waals surface area contributed by atoms with Crippen molar-refractivity contribution in [2.45, 2.75) is 25.8 Å². The van der Waals surface area contributed by atoms with Crippen molar-refractivity contribution in [3.63, 3.8) is 0 Å². The summed E-state index contributed by atoms with van der Waals surface area (Å²) in [6.45, 7) is 2.98. The Morgan fingerprint density at radius 3 is 3.04 bits per heavy atom. The van der Waals surface area contributed by atoms with Gasteiger partial charge in [0.2, 0.25) is 0 Å². The first-order valence-corrected chi connectivity index (χ1v) is 9.00. The molecule has 1 aliphatic heterocycles. The highest BCUT2D eigenvalue weighted by molar-refractivity contribution is 6.30. The number of nitrogens with two attached hydrogens (primary N) is 1. The Kier molecular flexibility index (Phi) is 4.38. The molecule has 1 saturated heterocycles. The fourth-order valence-corrected chi connectivity index (χ4v) is 3.75. The summed E-state index contributed by atoms with van der Waals surface area (Å²) < 4.78 is 5.36. The van der Waals surface area contributed by atoms with Crippen LogP contribution in [0.3, 0.4) is 0 Å². The van der Waals surface area contributed by atoms with Crippen molar-refractivity contribution in [1.82, 2.24) is 15.0 Å². The number of aryl methyl sites for hydroxylation is 1. The molecule has 2 aromatic heterocycles. The van der Waals surface area contributed by atoms with Crippen LogP contribution in [-0.4, -0.2) is 40.1 Å². The monoisotopic (exact) mass is 370 g/mol. The Balaban J connectivity index is 1.87. The van der Waals surface area contributed by atoms with Crippen molar-refractivity contribution in [1.29, 1.82) is 0 Å². The normalized spacial score (nSPS) is 17.2. The summed E-state index contributed by atoms with van der Waals surface area (Å²) in [7, 11) is 0. The van der Waals surface area contributed by atoms with E-state index >= 15 is 0 Å². The number of halogens is 1. The maximum absolute atomic E-state index is 13.3. The lowest BCUT2D eigenvalue weighted by atomic mass is 10.0. The number of likely N-dealkylation sites (tertiary alicyclic amines) is 1. The average molecular weight is 371 g/mol. The molecule has 26 heavy (non-hydrogen) atoms. The van der Waals surface area contributed by atoms with E-state index in [-0.39, 0.29) is 11.9 Å². The fraction of sp³-hybridized carbons (Fsp3) is 0.316. The summed E-state index contributed by atoms with van der Waals surface area (Å²) in [5, 5.41) is 5.26. The Bertz CT molecular complexity index is 985. The van der Waals surface area contributed by atoms with E-state index in [4.69, 9.17) is 21.9 Å². The van der Waals surface area contributed by atoms with E-state index in [9.17, 15) is 4.79 Å². The van der Waals surface area contributed by atoms with Crippen LogP contribution in [0.15, 0.2) is 34.9 Å². The highest BCUT2D eigenvalue weighted by Crippen LogP contribution is 2.30. The smallest absolute Gasteiger partial charge is 0.259 e. The molecule has 0 aliphatic carbocycles. The number of hydrogen-bond donors (Lipinski definition) is 1. The number of benzene rings is 1. The van der Waals surface area contributed by atoms with Crippen LogP contribution < -0.4 is 5.73 Å². The molecule has 6 nitrogen and oxygen atoms in total. The molecule has 1 amide bonds. The van der Waals surface area contributed by atoms with Crippen LogP contribution in [0, 0.1) is 6.92 Å². The number of amides is 1. The Morgan fingerprint density at radius 2 is 2.27 bits per heavy atom. The van der Waals surface area contributed by atoms with E-state index in [2.05, 4.69) is 10.1 Å². The van der Waals surface area contributed by atoms with Gasteiger partial charge in [-0.2, -0.15) is 0 Å². The lowest BCUT2D eigenvalue weighted by Crippen LogP contribution is -2.40. The number of rotatable bonds is 3. The third-order valence-electron chi connectivity index (χ3n) is 4.88. The number of aromatic nitrogens is 2. The maximum Gasteiger partial charge on any atom is 0.259 e. The molecule has 1 fully saturated rings. The van der Waals surface area contributed by atoms with Gasteiger partial charge in [-0.05, 0) is 38.0 Å². The summed E-state index contributed by atoms with van der Waals surface area (Å²) in [6.07, 6.45) is 1.89. The van der Waals surface area contributed by atoms with E-state index in [1.807, 2.05) is 30.0 Å². The quantitative estimate of drug-likeness (QED) is 0.763. The summed E-state index contributed by atoms with van der Waals surface area (Å²) in [5.74, 6) is -0.0556. The maximum atomic E-state index is 13.3. The Morgan fingerprint density at radius 1 is 1.42 bits per heavy atom. The second-order valence-corrected chi connectivity index (χ2v) is 6.98. The van der Waals surface area contributed by atoms with Gasteiger partial charge in [0, 0.05) is 29.7 Å². The van der Waals surface area contributed by atoms with Crippen molar-refractivity contribution in [3.05, 3.63) is 46.6 Å². The number of nitrogens with zero attached hydrogens (tertiary/aromatic N) is 3. The summed E-state index contributed by atoms with van der Waals surface area (Å²) >= 11 is 6.11. The van der Waals surface area contributed by atoms with Crippen molar-refractivity contribution < 1.29 is 9.32 Å². The zero-order valence-electron chi connectivity index (χ0n) is 14.4. The van der Waals surface area contributed by atoms with Gasteiger partial charge in [-0.15, -0.1) is 0 Å². The topological polar surface area (TPSA) is 85.2 Å². The third kappa shape index (κ3) is 2.85. The number of pyridine rings is 1. The van der Waals surface area contributed by atoms with Crippen LogP contribution in [0.2, 0.25) is 5.02 Å². The molecule has 0 unspecified atom stereocenters. The zero-order chi connectivity index (χ0) is 18.3. The number of carbonyl (C=O) groups is 1. The van der Waals surface area contributed by atoms with Gasteiger partial charge < -0.3 is 15.2 Å². The van der Waals surface area contributed by atoms with Gasteiger partial charge in [0.05, 0.1) is 22.3 Å². The SMILES string of the molecule is Cc1noc2nc(-c3cccc(Cl)c3)cc(C(=O)N3CCC[C@@H]3CN)c12. The molecular formula is C19H19ClN4O2. The molecule has 7 heteroatoms. The largest absolute Gasteiger partial charge is 0.335 e. The highest BCUT2D eigenvalue weighted by Gasteiger charge is 2.31. The lowest BCUT2D eigenvalue weighted by molar-refractivity contribution is 0.0743. The minimum absolute atomic E-state index is 0.0556. The van der Waals surface area contributed by atoms with Gasteiger partial charge in [0.1, 0.15) is 0 Å². The molecule has 134 valence electrons. The molecule has 0 radical (unpaired) electrons. The van der Waals surface area contributed by atoms with Crippen LogP contribution in [0.4, 0.5) is 0 Å². The standard InChI is InChI=1S/C19H19ClN4O2/c1-11-17-15(19(25)24-7-3-6-14(24)10-21)9-16(22-18(17)26-23-11)12-4-2-5-13(20)8-12/h2,4-5,8-9,14H,3,6-7,10,21H2,1H3/t14-/m1/s1. The Hall–Kier alpha value is -2.44. The molecule has 1 aromatic carbocycles. The summed E-state index contributed by atoms with van der Waals surface area (Å²) in [5.41, 5.74) is 8.84. The fourth-order valence-electron chi connectivity index (χ4n) is 3.56. The number of carbonyl (C=O) groups excluding carboxylic acids is 1. The minimum atomic E-state index is -0.0556. The molecule has 1 atom stereocenters. The first kappa shape index (κ1) is 17.0. The van der Waals surface area contributed by atoms with Gasteiger partial charge in [0.25, 0.3) is 11.6 Å². The molecule has 4 rings (SSSR count). The van der Waals surface area contributed by atoms with E-state index in [0.29, 0.717) is 46.2 Å². The molecule has 0 spiro atoms. The van der Waals surface area contributed by atoms with E-state index < -0.39 is 0 Å². The molecule has 2 N–H and O–H groups in total. The molecule has 0 bridgehead atoms. The predicted octanol–water partition coefficient (Wildman–Crippen LogP) is 3.41. The second kappa shape index (κ2) is 6.70. The highest BCUT2D eigenvalue weighted by atomic mass is 35.5. The number of hydrogen-bond acceptors (Lipinski definition) is 5. The molecular weight excluding hydrogens is 352 g/mol. The van der Waals surface area contributed by atoms with Crippen molar-refractivity contribution in [2.24, 2.45) is 5.73 Å². The zero-order valence-corrected chi connectivity index (χ0v) is 15.2. The first-order chi connectivity index (χ1) is 12.6. The van der Waals surface area contributed by atoms with E-state index in [1.165, 1.54) is 0 Å². The van der Waals surface area contributed by atoms with E-state index in [1.54, 1.807) is 12.1 Å². The molecule has 0 saturated carbocycles. The number of fused-ring (bicyclic) bond motifs is 1. The molecule has 1 aliphatic rings. The van der Waals surface area contributed by atoms with Crippen LogP contribution in [0.25, 0.3) is 22.4 Å². The molecule has 3 aromatic rings. The van der Waals surface area contributed by atoms with Crippen LogP contribution in [-0.2, 0) is 0 Å².